The Bertz CT molecular complexity index is 665. The standard InChI is InChI=1S/C14H13N3O4/c1-9(18)16-17-13(19)10-5-2-3-6-11(10)15-14(20)12-7-4-8-21-12/h2-8H,1H3,(H,15,20)(H,16,18)(H,17,19). The number of carbonyl (C=O) groups is 3. The largest absolute Gasteiger partial charge is 0.459 e. The van der Waals surface area contributed by atoms with E-state index < -0.39 is 17.7 Å². The van der Waals surface area contributed by atoms with E-state index in [4.69, 9.17) is 4.42 Å². The fourth-order valence-corrected chi connectivity index (χ4v) is 1.59. The number of rotatable bonds is 3. The molecule has 0 atom stereocenters. The molecule has 1 aromatic heterocycles. The summed E-state index contributed by atoms with van der Waals surface area (Å²) in [6.07, 6.45) is 1.38. The maximum Gasteiger partial charge on any atom is 0.291 e. The van der Waals surface area contributed by atoms with Gasteiger partial charge in [0.15, 0.2) is 5.76 Å². The minimum Gasteiger partial charge on any atom is -0.459 e. The number of carbonyl (C=O) groups excluding carboxylic acids is 3. The van der Waals surface area contributed by atoms with Crippen molar-refractivity contribution in [2.45, 2.75) is 6.92 Å². The van der Waals surface area contributed by atoms with Gasteiger partial charge in [0, 0.05) is 6.92 Å². The van der Waals surface area contributed by atoms with E-state index >= 15 is 0 Å². The molecule has 2 rings (SSSR count). The fourth-order valence-electron chi connectivity index (χ4n) is 1.59. The first-order valence-corrected chi connectivity index (χ1v) is 6.08. The average molecular weight is 287 g/mol. The van der Waals surface area contributed by atoms with Gasteiger partial charge in [-0.15, -0.1) is 0 Å². The molecule has 0 aliphatic heterocycles. The van der Waals surface area contributed by atoms with E-state index in [1.807, 2.05) is 0 Å². The fraction of sp³-hybridized carbons (Fsp3) is 0.0714. The number of furan rings is 1. The molecule has 0 spiro atoms. The summed E-state index contributed by atoms with van der Waals surface area (Å²) in [6.45, 7) is 1.27. The van der Waals surface area contributed by atoms with Crippen LogP contribution >= 0.6 is 0 Å². The lowest BCUT2D eigenvalue weighted by molar-refractivity contribution is -0.119. The van der Waals surface area contributed by atoms with Crippen LogP contribution in [0.15, 0.2) is 47.1 Å². The Balaban J connectivity index is 2.15. The summed E-state index contributed by atoms with van der Waals surface area (Å²) in [6, 6.07) is 9.51. The Morgan fingerprint density at radius 1 is 0.952 bits per heavy atom. The molecule has 0 bridgehead atoms. The first kappa shape index (κ1) is 14.3. The lowest BCUT2D eigenvalue weighted by atomic mass is 10.1. The highest BCUT2D eigenvalue weighted by atomic mass is 16.3. The van der Waals surface area contributed by atoms with E-state index in [-0.39, 0.29) is 11.3 Å². The molecular formula is C14H13N3O4. The lowest BCUT2D eigenvalue weighted by Crippen LogP contribution is -2.40. The van der Waals surface area contributed by atoms with Gasteiger partial charge in [0.2, 0.25) is 5.91 Å². The molecule has 0 aliphatic carbocycles. The number of hydrazine groups is 1. The van der Waals surface area contributed by atoms with Gasteiger partial charge in [-0.2, -0.15) is 0 Å². The summed E-state index contributed by atoms with van der Waals surface area (Å²) in [5.41, 5.74) is 4.94. The minimum absolute atomic E-state index is 0.132. The molecule has 0 radical (unpaired) electrons. The van der Waals surface area contributed by atoms with Gasteiger partial charge in [0.05, 0.1) is 17.5 Å². The summed E-state index contributed by atoms with van der Waals surface area (Å²) in [5.74, 6) is -1.28. The van der Waals surface area contributed by atoms with E-state index in [2.05, 4.69) is 16.2 Å². The monoisotopic (exact) mass is 287 g/mol. The van der Waals surface area contributed by atoms with Crippen molar-refractivity contribution >= 4 is 23.4 Å². The maximum absolute atomic E-state index is 11.9. The predicted octanol–water partition coefficient (Wildman–Crippen LogP) is 1.31. The van der Waals surface area contributed by atoms with Crippen molar-refractivity contribution in [2.75, 3.05) is 5.32 Å². The number of hydrogen-bond donors (Lipinski definition) is 3. The van der Waals surface area contributed by atoms with Crippen LogP contribution in [0, 0.1) is 0 Å². The van der Waals surface area contributed by atoms with E-state index in [1.165, 1.54) is 25.3 Å². The molecule has 0 unspecified atom stereocenters. The predicted molar refractivity (Wildman–Crippen MR) is 74.4 cm³/mol. The highest BCUT2D eigenvalue weighted by Crippen LogP contribution is 2.16. The van der Waals surface area contributed by atoms with E-state index in [0.29, 0.717) is 5.69 Å². The van der Waals surface area contributed by atoms with Crippen molar-refractivity contribution < 1.29 is 18.8 Å². The van der Waals surface area contributed by atoms with Crippen LogP contribution in [0.3, 0.4) is 0 Å². The van der Waals surface area contributed by atoms with Crippen molar-refractivity contribution in [1.82, 2.24) is 10.9 Å². The molecule has 108 valence electrons. The lowest BCUT2D eigenvalue weighted by Gasteiger charge is -2.10. The number of benzene rings is 1. The summed E-state index contributed by atoms with van der Waals surface area (Å²) < 4.78 is 4.98. The molecule has 7 heteroatoms. The molecule has 1 aromatic carbocycles. The van der Waals surface area contributed by atoms with Crippen LogP contribution in [-0.2, 0) is 4.79 Å². The highest BCUT2D eigenvalue weighted by molar-refractivity contribution is 6.08. The third-order valence-electron chi connectivity index (χ3n) is 2.52. The quantitative estimate of drug-likeness (QED) is 0.741. The Hall–Kier alpha value is -3.09. The van der Waals surface area contributed by atoms with Gasteiger partial charge in [-0.1, -0.05) is 12.1 Å². The van der Waals surface area contributed by atoms with Crippen LogP contribution in [-0.4, -0.2) is 17.7 Å². The van der Waals surface area contributed by atoms with Crippen LogP contribution in [0.5, 0.6) is 0 Å². The van der Waals surface area contributed by atoms with Gasteiger partial charge in [0.1, 0.15) is 0 Å². The van der Waals surface area contributed by atoms with Gasteiger partial charge in [0.25, 0.3) is 11.8 Å². The second-order valence-corrected chi connectivity index (χ2v) is 4.11. The van der Waals surface area contributed by atoms with Crippen molar-refractivity contribution in [3.05, 3.63) is 54.0 Å². The Labute approximate surface area is 120 Å². The SMILES string of the molecule is CC(=O)NNC(=O)c1ccccc1NC(=O)c1ccco1. The molecule has 0 saturated heterocycles. The number of hydrogen-bond acceptors (Lipinski definition) is 4. The first-order chi connectivity index (χ1) is 10.1. The summed E-state index contributed by atoms with van der Waals surface area (Å²) in [7, 11) is 0. The summed E-state index contributed by atoms with van der Waals surface area (Å²) in [4.78, 5) is 34.6. The molecule has 21 heavy (non-hydrogen) atoms. The van der Waals surface area contributed by atoms with Crippen LogP contribution < -0.4 is 16.2 Å². The first-order valence-electron chi connectivity index (χ1n) is 6.08. The number of para-hydroxylation sites is 1. The Kier molecular flexibility index (Phi) is 4.35. The third kappa shape index (κ3) is 3.69. The van der Waals surface area contributed by atoms with E-state index in [1.54, 1.807) is 24.3 Å². The van der Waals surface area contributed by atoms with Crippen LogP contribution in [0.2, 0.25) is 0 Å². The van der Waals surface area contributed by atoms with Gasteiger partial charge >= 0.3 is 0 Å². The van der Waals surface area contributed by atoms with Crippen molar-refractivity contribution in [3.8, 4) is 0 Å². The van der Waals surface area contributed by atoms with Gasteiger partial charge in [-0.25, -0.2) is 0 Å². The molecule has 2 aromatic rings. The number of amides is 3. The summed E-state index contributed by atoms with van der Waals surface area (Å²) >= 11 is 0. The number of nitrogens with one attached hydrogen (secondary N) is 3. The van der Waals surface area contributed by atoms with Crippen LogP contribution in [0.4, 0.5) is 5.69 Å². The molecule has 0 aliphatic rings. The minimum atomic E-state index is -0.541. The van der Waals surface area contributed by atoms with E-state index in [0.717, 1.165) is 0 Å². The Morgan fingerprint density at radius 3 is 2.38 bits per heavy atom. The summed E-state index contributed by atoms with van der Waals surface area (Å²) in [5, 5.41) is 2.58. The third-order valence-corrected chi connectivity index (χ3v) is 2.52. The smallest absolute Gasteiger partial charge is 0.291 e. The zero-order valence-corrected chi connectivity index (χ0v) is 11.2. The molecule has 0 saturated carbocycles. The van der Waals surface area contributed by atoms with Crippen molar-refractivity contribution in [1.29, 1.82) is 0 Å². The van der Waals surface area contributed by atoms with Crippen LogP contribution in [0.25, 0.3) is 0 Å². The number of anilines is 1. The van der Waals surface area contributed by atoms with E-state index in [9.17, 15) is 14.4 Å². The van der Waals surface area contributed by atoms with Crippen molar-refractivity contribution in [3.63, 3.8) is 0 Å². The molecule has 0 fully saturated rings. The van der Waals surface area contributed by atoms with Gasteiger partial charge in [-0.3, -0.25) is 25.2 Å². The second kappa shape index (κ2) is 6.38. The molecule has 1 heterocycles. The topological polar surface area (TPSA) is 100 Å². The molecule has 3 N–H and O–H groups in total. The normalized spacial score (nSPS) is 9.76. The zero-order chi connectivity index (χ0) is 15.2. The van der Waals surface area contributed by atoms with Crippen molar-refractivity contribution in [2.24, 2.45) is 0 Å². The zero-order valence-electron chi connectivity index (χ0n) is 11.2. The molecule has 7 nitrogen and oxygen atoms in total. The van der Waals surface area contributed by atoms with Gasteiger partial charge < -0.3 is 9.73 Å². The molecule has 3 amide bonds. The van der Waals surface area contributed by atoms with Crippen LogP contribution in [0.1, 0.15) is 27.8 Å². The Morgan fingerprint density at radius 2 is 1.71 bits per heavy atom. The maximum atomic E-state index is 11.9. The molecular weight excluding hydrogens is 274 g/mol. The highest BCUT2D eigenvalue weighted by Gasteiger charge is 2.15. The second-order valence-electron chi connectivity index (χ2n) is 4.11. The average Bonchev–Trinajstić information content (AvgIpc) is 2.99. The van der Waals surface area contributed by atoms with Gasteiger partial charge in [-0.05, 0) is 24.3 Å².